The van der Waals surface area contributed by atoms with Crippen LogP contribution in [0.25, 0.3) is 0 Å². The van der Waals surface area contributed by atoms with Crippen molar-refractivity contribution >= 4 is 39.0 Å². The molecule has 0 aliphatic carbocycles. The SMILES string of the molecule is CCOC(=O)CN(c1cc(Cl)ccc1OC)S(=O)(=O)c1cccc([N+](=O)[O-])c1. The Hall–Kier alpha value is -2.85. The minimum atomic E-state index is -4.38. The first-order valence-electron chi connectivity index (χ1n) is 7.97. The van der Waals surface area contributed by atoms with Crippen molar-refractivity contribution in [3.8, 4) is 5.75 Å². The summed E-state index contributed by atoms with van der Waals surface area (Å²) in [5.74, 6) is -0.666. The van der Waals surface area contributed by atoms with E-state index in [0.29, 0.717) is 0 Å². The summed E-state index contributed by atoms with van der Waals surface area (Å²) in [5.41, 5.74) is -0.412. The van der Waals surface area contributed by atoms with Crippen molar-refractivity contribution in [2.45, 2.75) is 11.8 Å². The highest BCUT2D eigenvalue weighted by Crippen LogP contribution is 2.35. The summed E-state index contributed by atoms with van der Waals surface area (Å²) in [5, 5.41) is 11.2. The summed E-state index contributed by atoms with van der Waals surface area (Å²) in [4.78, 5) is 22.0. The number of sulfonamides is 1. The summed E-state index contributed by atoms with van der Waals surface area (Å²) in [6.07, 6.45) is 0. The van der Waals surface area contributed by atoms with Gasteiger partial charge >= 0.3 is 5.97 Å². The lowest BCUT2D eigenvalue weighted by Crippen LogP contribution is -2.37. The molecule has 2 aromatic rings. The molecule has 0 fully saturated rings. The van der Waals surface area contributed by atoms with Gasteiger partial charge in [0.05, 0.1) is 29.2 Å². The Labute approximate surface area is 166 Å². The number of carbonyl (C=O) groups excluding carboxylic acids is 1. The number of rotatable bonds is 8. The molecule has 9 nitrogen and oxygen atoms in total. The molecule has 0 amide bonds. The molecule has 2 aromatic carbocycles. The van der Waals surface area contributed by atoms with Crippen LogP contribution in [0.15, 0.2) is 47.4 Å². The number of halogens is 1. The zero-order valence-electron chi connectivity index (χ0n) is 15.0. The van der Waals surface area contributed by atoms with Crippen LogP contribution in [0.2, 0.25) is 5.02 Å². The summed E-state index contributed by atoms with van der Waals surface area (Å²) in [6.45, 7) is 0.961. The normalized spacial score (nSPS) is 11.0. The van der Waals surface area contributed by atoms with Crippen LogP contribution in [0.5, 0.6) is 5.75 Å². The lowest BCUT2D eigenvalue weighted by atomic mass is 10.3. The second-order valence-electron chi connectivity index (χ2n) is 5.39. The molecule has 150 valence electrons. The van der Waals surface area contributed by atoms with Crippen LogP contribution in [0.4, 0.5) is 11.4 Å². The maximum absolute atomic E-state index is 13.2. The summed E-state index contributed by atoms with van der Waals surface area (Å²) in [6, 6.07) is 8.75. The topological polar surface area (TPSA) is 116 Å². The van der Waals surface area contributed by atoms with Gasteiger partial charge in [-0.25, -0.2) is 8.42 Å². The number of carbonyl (C=O) groups is 1. The fraction of sp³-hybridized carbons (Fsp3) is 0.235. The Morgan fingerprint density at radius 1 is 1.25 bits per heavy atom. The molecule has 0 aliphatic rings. The quantitative estimate of drug-likeness (QED) is 0.360. The number of anilines is 1. The third-order valence-electron chi connectivity index (χ3n) is 3.60. The van der Waals surface area contributed by atoms with E-state index in [4.69, 9.17) is 21.1 Å². The maximum Gasteiger partial charge on any atom is 0.326 e. The van der Waals surface area contributed by atoms with Crippen LogP contribution in [-0.2, 0) is 19.6 Å². The molecule has 0 aromatic heterocycles. The van der Waals surface area contributed by atoms with Gasteiger partial charge in [0.2, 0.25) is 0 Å². The van der Waals surface area contributed by atoms with Gasteiger partial charge in [-0.05, 0) is 31.2 Å². The first-order valence-corrected chi connectivity index (χ1v) is 9.78. The number of nitrogens with zero attached hydrogens (tertiary/aromatic N) is 2. The number of esters is 1. The van der Waals surface area contributed by atoms with E-state index >= 15 is 0 Å². The van der Waals surface area contributed by atoms with Crippen LogP contribution >= 0.6 is 11.6 Å². The zero-order valence-corrected chi connectivity index (χ0v) is 16.6. The molecule has 0 atom stereocenters. The largest absolute Gasteiger partial charge is 0.495 e. The number of ether oxygens (including phenoxy) is 2. The summed E-state index contributed by atoms with van der Waals surface area (Å²) >= 11 is 6.00. The summed E-state index contributed by atoms with van der Waals surface area (Å²) in [7, 11) is -3.05. The Kier molecular flexibility index (Phi) is 6.81. The van der Waals surface area contributed by atoms with E-state index in [1.807, 2.05) is 0 Å². The predicted molar refractivity (Wildman–Crippen MR) is 102 cm³/mol. The van der Waals surface area contributed by atoms with Crippen molar-refractivity contribution in [3.05, 3.63) is 57.6 Å². The van der Waals surface area contributed by atoms with Crippen molar-refractivity contribution < 1.29 is 27.6 Å². The molecule has 0 saturated carbocycles. The molecule has 2 rings (SSSR count). The number of nitro groups is 1. The summed E-state index contributed by atoms with van der Waals surface area (Å²) < 4.78 is 37.2. The minimum absolute atomic E-state index is 0.00504. The molecule has 0 spiro atoms. The highest BCUT2D eigenvalue weighted by molar-refractivity contribution is 7.92. The van der Waals surface area contributed by atoms with Crippen molar-refractivity contribution in [1.82, 2.24) is 0 Å². The van der Waals surface area contributed by atoms with Crippen molar-refractivity contribution in [3.63, 3.8) is 0 Å². The third-order valence-corrected chi connectivity index (χ3v) is 5.59. The fourth-order valence-electron chi connectivity index (χ4n) is 2.37. The number of hydrogen-bond donors (Lipinski definition) is 0. The first-order chi connectivity index (χ1) is 13.2. The lowest BCUT2D eigenvalue weighted by Gasteiger charge is -2.25. The molecule has 11 heteroatoms. The standard InChI is InChI=1S/C17H17ClN2O7S/c1-3-27-17(21)11-19(15-9-12(18)7-8-16(15)26-2)28(24,25)14-6-4-5-13(10-14)20(22)23/h4-10H,3,11H2,1-2H3. The molecule has 0 radical (unpaired) electrons. The van der Waals surface area contributed by atoms with Gasteiger partial charge in [-0.2, -0.15) is 0 Å². The maximum atomic E-state index is 13.2. The van der Waals surface area contributed by atoms with E-state index in [1.54, 1.807) is 6.92 Å². The van der Waals surface area contributed by atoms with Gasteiger partial charge in [0.25, 0.3) is 15.7 Å². The monoisotopic (exact) mass is 428 g/mol. The van der Waals surface area contributed by atoms with Crippen molar-refractivity contribution in [1.29, 1.82) is 0 Å². The minimum Gasteiger partial charge on any atom is -0.495 e. The second kappa shape index (κ2) is 8.89. The lowest BCUT2D eigenvalue weighted by molar-refractivity contribution is -0.385. The van der Waals surface area contributed by atoms with Gasteiger partial charge in [0, 0.05) is 17.2 Å². The molecule has 0 bridgehead atoms. The number of non-ortho nitro benzene ring substituents is 1. The Morgan fingerprint density at radius 2 is 1.96 bits per heavy atom. The van der Waals surface area contributed by atoms with Gasteiger partial charge in [-0.3, -0.25) is 19.2 Å². The smallest absolute Gasteiger partial charge is 0.326 e. The van der Waals surface area contributed by atoms with Crippen LogP contribution in [0.3, 0.4) is 0 Å². The van der Waals surface area contributed by atoms with Crippen molar-refractivity contribution in [2.24, 2.45) is 0 Å². The van der Waals surface area contributed by atoms with E-state index in [9.17, 15) is 23.3 Å². The first kappa shape index (κ1) is 21.5. The molecule has 0 N–H and O–H groups in total. The fourth-order valence-corrected chi connectivity index (χ4v) is 3.98. The molecule has 0 saturated heterocycles. The van der Waals surface area contributed by atoms with Gasteiger partial charge in [0.15, 0.2) is 0 Å². The molecule has 0 heterocycles. The number of methoxy groups -OCH3 is 1. The Balaban J connectivity index is 2.64. The zero-order chi connectivity index (χ0) is 20.9. The average Bonchev–Trinajstić information content (AvgIpc) is 2.66. The Morgan fingerprint density at radius 3 is 2.57 bits per heavy atom. The number of benzene rings is 2. The van der Waals surface area contributed by atoms with Gasteiger partial charge in [-0.1, -0.05) is 17.7 Å². The molecular weight excluding hydrogens is 412 g/mol. The van der Waals surface area contributed by atoms with Gasteiger partial charge in [-0.15, -0.1) is 0 Å². The van der Waals surface area contributed by atoms with Gasteiger partial charge < -0.3 is 9.47 Å². The predicted octanol–water partition coefficient (Wildman–Crippen LogP) is 3.02. The molecule has 0 unspecified atom stereocenters. The van der Waals surface area contributed by atoms with E-state index in [1.165, 1.54) is 37.4 Å². The number of hydrogen-bond acceptors (Lipinski definition) is 7. The van der Waals surface area contributed by atoms with Crippen LogP contribution < -0.4 is 9.04 Å². The molecule has 0 aliphatic heterocycles. The highest BCUT2D eigenvalue weighted by Gasteiger charge is 2.31. The number of nitro benzene ring substituents is 1. The molecular formula is C17H17ClN2O7S. The van der Waals surface area contributed by atoms with Crippen molar-refractivity contribution in [2.75, 3.05) is 24.6 Å². The Bertz CT molecular complexity index is 995. The van der Waals surface area contributed by atoms with Crippen LogP contribution in [0, 0.1) is 10.1 Å². The van der Waals surface area contributed by atoms with E-state index in [0.717, 1.165) is 16.4 Å². The van der Waals surface area contributed by atoms with Crippen LogP contribution in [-0.4, -0.2) is 39.6 Å². The van der Waals surface area contributed by atoms with Gasteiger partial charge in [0.1, 0.15) is 12.3 Å². The van der Waals surface area contributed by atoms with E-state index < -0.39 is 33.1 Å². The highest BCUT2D eigenvalue weighted by atomic mass is 35.5. The third kappa shape index (κ3) is 4.70. The van der Waals surface area contributed by atoms with E-state index in [2.05, 4.69) is 0 Å². The van der Waals surface area contributed by atoms with E-state index in [-0.39, 0.29) is 28.0 Å². The second-order valence-corrected chi connectivity index (χ2v) is 7.69. The average molecular weight is 429 g/mol. The molecule has 28 heavy (non-hydrogen) atoms. The van der Waals surface area contributed by atoms with Crippen LogP contribution in [0.1, 0.15) is 6.92 Å².